The first kappa shape index (κ1) is 10.5. The lowest BCUT2D eigenvalue weighted by atomic mass is 10.4. The van der Waals surface area contributed by atoms with Crippen molar-refractivity contribution >= 4 is 27.9 Å². The molecule has 0 amide bonds. The van der Waals surface area contributed by atoms with Crippen LogP contribution in [0.1, 0.15) is 12.6 Å². The SMILES string of the molecule is CCc1ccon1.O=C(Cl)Cl. The van der Waals surface area contributed by atoms with Gasteiger partial charge in [0.25, 0.3) is 0 Å². The first-order valence-electron chi connectivity index (χ1n) is 2.91. The fourth-order valence-electron chi connectivity index (χ4n) is 0.420. The van der Waals surface area contributed by atoms with Crippen molar-refractivity contribution in [2.24, 2.45) is 0 Å². The lowest BCUT2D eigenvalue weighted by molar-refractivity contribution is 0.275. The van der Waals surface area contributed by atoms with Crippen LogP contribution in [0.2, 0.25) is 0 Å². The molecule has 62 valence electrons. The van der Waals surface area contributed by atoms with E-state index in [4.69, 9.17) is 4.79 Å². The van der Waals surface area contributed by atoms with Crippen LogP contribution in [0.15, 0.2) is 16.9 Å². The Bertz CT molecular complexity index is 194. The fourth-order valence-corrected chi connectivity index (χ4v) is 0.420. The van der Waals surface area contributed by atoms with Crippen LogP contribution in [0.4, 0.5) is 4.79 Å². The molecule has 0 radical (unpaired) electrons. The molecule has 0 aliphatic rings. The van der Waals surface area contributed by atoms with E-state index in [0.717, 1.165) is 12.1 Å². The Morgan fingerprint density at radius 1 is 1.73 bits per heavy atom. The molecule has 1 aromatic rings. The van der Waals surface area contributed by atoms with Crippen molar-refractivity contribution in [2.75, 3.05) is 0 Å². The zero-order valence-electron chi connectivity index (χ0n) is 5.88. The third kappa shape index (κ3) is 7.36. The first-order chi connectivity index (χ1) is 5.16. The van der Waals surface area contributed by atoms with E-state index in [1.807, 2.05) is 13.0 Å². The number of aryl methyl sites for hydroxylation is 1. The van der Waals surface area contributed by atoms with Gasteiger partial charge in [0.15, 0.2) is 0 Å². The smallest absolute Gasteiger partial charge is 0.313 e. The van der Waals surface area contributed by atoms with Crippen LogP contribution in [0.25, 0.3) is 0 Å². The second-order valence-electron chi connectivity index (χ2n) is 1.57. The summed E-state index contributed by atoms with van der Waals surface area (Å²) in [5.74, 6) is 0. The van der Waals surface area contributed by atoms with E-state index in [-0.39, 0.29) is 0 Å². The van der Waals surface area contributed by atoms with E-state index in [1.54, 1.807) is 6.26 Å². The molecule has 0 N–H and O–H groups in total. The van der Waals surface area contributed by atoms with Gasteiger partial charge in [0.1, 0.15) is 6.26 Å². The van der Waals surface area contributed by atoms with Crippen LogP contribution in [0.3, 0.4) is 0 Å². The maximum atomic E-state index is 8.98. The Hall–Kier alpha value is -0.540. The summed E-state index contributed by atoms with van der Waals surface area (Å²) in [5.41, 5.74) is 1.01. The van der Waals surface area contributed by atoms with Crippen molar-refractivity contribution in [1.29, 1.82) is 0 Å². The molecule has 0 saturated carbocycles. The zero-order valence-corrected chi connectivity index (χ0v) is 7.39. The maximum absolute atomic E-state index is 8.98. The zero-order chi connectivity index (χ0) is 8.69. The predicted octanol–water partition coefficient (Wildman–Crippen LogP) is 2.82. The molecule has 0 unspecified atom stereocenters. The van der Waals surface area contributed by atoms with Crippen molar-refractivity contribution < 1.29 is 9.32 Å². The van der Waals surface area contributed by atoms with Gasteiger partial charge in [-0.3, -0.25) is 4.79 Å². The van der Waals surface area contributed by atoms with Gasteiger partial charge in [-0.1, -0.05) is 12.1 Å². The highest BCUT2D eigenvalue weighted by Crippen LogP contribution is 1.92. The summed E-state index contributed by atoms with van der Waals surface area (Å²) in [6, 6.07) is 1.86. The Labute approximate surface area is 74.3 Å². The van der Waals surface area contributed by atoms with Crippen molar-refractivity contribution in [1.82, 2.24) is 5.16 Å². The van der Waals surface area contributed by atoms with Gasteiger partial charge in [0.05, 0.1) is 5.69 Å². The topological polar surface area (TPSA) is 43.1 Å². The Balaban J connectivity index is 0.000000218. The average molecular weight is 196 g/mol. The number of nitrogens with zero attached hydrogens (tertiary/aromatic N) is 1. The minimum atomic E-state index is -0.889. The van der Waals surface area contributed by atoms with Crippen LogP contribution in [-0.4, -0.2) is 9.86 Å². The van der Waals surface area contributed by atoms with Gasteiger partial charge >= 0.3 is 4.70 Å². The molecular weight excluding hydrogens is 189 g/mol. The predicted molar refractivity (Wildman–Crippen MR) is 43.0 cm³/mol. The summed E-state index contributed by atoms with van der Waals surface area (Å²) in [6.07, 6.45) is 2.54. The number of rotatable bonds is 1. The van der Waals surface area contributed by atoms with E-state index >= 15 is 0 Å². The van der Waals surface area contributed by atoms with Crippen molar-refractivity contribution in [3.8, 4) is 0 Å². The average Bonchev–Trinajstić information content (AvgIpc) is 2.36. The molecule has 3 nitrogen and oxygen atoms in total. The second-order valence-corrected chi connectivity index (χ2v) is 2.45. The lowest BCUT2D eigenvalue weighted by Gasteiger charge is -1.74. The molecule has 0 saturated heterocycles. The van der Waals surface area contributed by atoms with Crippen LogP contribution in [0.5, 0.6) is 0 Å². The molecule has 0 aliphatic carbocycles. The maximum Gasteiger partial charge on any atom is 0.313 e. The number of hydrogen-bond acceptors (Lipinski definition) is 3. The molecule has 1 aromatic heterocycles. The summed E-state index contributed by atoms with van der Waals surface area (Å²) >= 11 is 8.80. The molecular formula is C6H7Cl2NO2. The van der Waals surface area contributed by atoms with Crippen LogP contribution < -0.4 is 0 Å². The van der Waals surface area contributed by atoms with Gasteiger partial charge < -0.3 is 4.52 Å². The van der Waals surface area contributed by atoms with Gasteiger partial charge in [-0.2, -0.15) is 0 Å². The van der Waals surface area contributed by atoms with Crippen LogP contribution in [-0.2, 0) is 6.42 Å². The van der Waals surface area contributed by atoms with Crippen molar-refractivity contribution in [3.05, 3.63) is 18.0 Å². The molecule has 0 fully saturated rings. The fraction of sp³-hybridized carbons (Fsp3) is 0.333. The minimum Gasteiger partial charge on any atom is -0.365 e. The molecule has 1 heterocycles. The first-order valence-corrected chi connectivity index (χ1v) is 3.66. The number of carbonyl (C=O) groups excluding carboxylic acids is 1. The van der Waals surface area contributed by atoms with E-state index < -0.39 is 4.70 Å². The molecule has 1 rings (SSSR count). The minimum absolute atomic E-state index is 0.889. The molecule has 5 heteroatoms. The van der Waals surface area contributed by atoms with Crippen LogP contribution in [0, 0.1) is 0 Å². The standard InChI is InChI=1S/C5H7NO.CCl2O/c1-2-5-3-4-7-6-5;2-1(3)4/h3-4H,2H2,1H3;. The summed E-state index contributed by atoms with van der Waals surface area (Å²) < 4.78 is 3.67. The van der Waals surface area contributed by atoms with Crippen LogP contribution >= 0.6 is 23.2 Å². The molecule has 0 aliphatic heterocycles. The second kappa shape index (κ2) is 6.19. The van der Waals surface area contributed by atoms with Gasteiger partial charge in [0, 0.05) is 6.07 Å². The third-order valence-electron chi connectivity index (χ3n) is 0.853. The Morgan fingerprint density at radius 2 is 2.27 bits per heavy atom. The number of hydrogen-bond donors (Lipinski definition) is 0. The molecule has 0 atom stereocenters. The van der Waals surface area contributed by atoms with Gasteiger partial charge in [-0.05, 0) is 29.6 Å². The van der Waals surface area contributed by atoms with E-state index in [1.165, 1.54) is 0 Å². The molecule has 0 spiro atoms. The lowest BCUT2D eigenvalue weighted by Crippen LogP contribution is -1.73. The quantitative estimate of drug-likeness (QED) is 0.648. The van der Waals surface area contributed by atoms with E-state index in [9.17, 15) is 0 Å². The normalized spacial score (nSPS) is 8.27. The summed E-state index contributed by atoms with van der Waals surface area (Å²) in [6.45, 7) is 2.04. The van der Waals surface area contributed by atoms with E-state index in [0.29, 0.717) is 0 Å². The molecule has 0 bridgehead atoms. The number of halogens is 2. The van der Waals surface area contributed by atoms with Gasteiger partial charge in [0.2, 0.25) is 0 Å². The Morgan fingerprint density at radius 3 is 2.45 bits per heavy atom. The monoisotopic (exact) mass is 195 g/mol. The van der Waals surface area contributed by atoms with Crippen molar-refractivity contribution in [3.63, 3.8) is 0 Å². The summed E-state index contributed by atoms with van der Waals surface area (Å²) in [7, 11) is 0. The number of carbonyl (C=O) groups is 1. The highest BCUT2D eigenvalue weighted by atomic mass is 35.5. The summed E-state index contributed by atoms with van der Waals surface area (Å²) in [5, 5.41) is 3.66. The highest BCUT2D eigenvalue weighted by Gasteiger charge is 1.86. The largest absolute Gasteiger partial charge is 0.365 e. The third-order valence-corrected chi connectivity index (χ3v) is 0.853. The van der Waals surface area contributed by atoms with Gasteiger partial charge in [-0.15, -0.1) is 0 Å². The molecule has 0 aromatic carbocycles. The van der Waals surface area contributed by atoms with Crippen molar-refractivity contribution in [2.45, 2.75) is 13.3 Å². The number of aromatic nitrogens is 1. The summed E-state index contributed by atoms with van der Waals surface area (Å²) in [4.78, 5) is 8.98. The molecule has 11 heavy (non-hydrogen) atoms. The van der Waals surface area contributed by atoms with Gasteiger partial charge in [-0.25, -0.2) is 0 Å². The van der Waals surface area contributed by atoms with E-state index in [2.05, 4.69) is 32.9 Å². The Kier molecular flexibility index (Phi) is 5.88. The highest BCUT2D eigenvalue weighted by molar-refractivity contribution is 6.93.